The Kier molecular flexibility index (Phi) is 19.9. The molecule has 10 nitrogen and oxygen atoms in total. The summed E-state index contributed by atoms with van der Waals surface area (Å²) in [6, 6.07) is 59.3. The van der Waals surface area contributed by atoms with Gasteiger partial charge in [-0.25, -0.2) is 0 Å². The van der Waals surface area contributed by atoms with Gasteiger partial charge in [0.15, 0.2) is 12.4 Å². The van der Waals surface area contributed by atoms with Crippen LogP contribution in [0.2, 0.25) is 0 Å². The molecule has 1 heterocycles. The van der Waals surface area contributed by atoms with Gasteiger partial charge in [0.25, 0.3) is 0 Å². The van der Waals surface area contributed by atoms with Crippen LogP contribution in [0.3, 0.4) is 0 Å². The molecule has 6 aromatic rings. The highest BCUT2D eigenvalue weighted by atomic mass is 16.7. The van der Waals surface area contributed by atoms with Crippen molar-refractivity contribution in [3.8, 4) is 0 Å². The second-order valence-electron chi connectivity index (χ2n) is 16.5. The average molecular weight is 907 g/mol. The fraction of sp³-hybridized carbons (Fsp3) is 0.316. The molecule has 1 aliphatic rings. The summed E-state index contributed by atoms with van der Waals surface area (Å²) in [5.74, 6) is -1.14. The Morgan fingerprint density at radius 2 is 0.970 bits per heavy atom. The highest BCUT2D eigenvalue weighted by Crippen LogP contribution is 2.36. The zero-order chi connectivity index (χ0) is 46.3. The molecule has 350 valence electrons. The van der Waals surface area contributed by atoms with Gasteiger partial charge in [-0.2, -0.15) is 0 Å². The third-order valence-electron chi connectivity index (χ3n) is 11.6. The van der Waals surface area contributed by atoms with E-state index in [1.807, 2.05) is 182 Å². The lowest BCUT2D eigenvalue weighted by molar-refractivity contribution is -0.305. The largest absolute Gasteiger partial charge is 0.457 e. The highest BCUT2D eigenvalue weighted by molar-refractivity contribution is 5.70. The summed E-state index contributed by atoms with van der Waals surface area (Å²) in [5, 5.41) is 0. The van der Waals surface area contributed by atoms with Crippen molar-refractivity contribution in [2.45, 2.75) is 89.0 Å². The normalized spacial score (nSPS) is 19.5. The van der Waals surface area contributed by atoms with Crippen LogP contribution in [0.15, 0.2) is 195 Å². The summed E-state index contributed by atoms with van der Waals surface area (Å²) in [7, 11) is 1.58. The molecule has 0 aliphatic carbocycles. The first-order valence-electron chi connectivity index (χ1n) is 22.9. The van der Waals surface area contributed by atoms with Crippen molar-refractivity contribution >= 4 is 5.97 Å². The molecule has 1 aliphatic heterocycles. The molecule has 1 fully saturated rings. The van der Waals surface area contributed by atoms with E-state index in [4.69, 9.17) is 42.6 Å². The maximum absolute atomic E-state index is 14.9. The molecule has 0 spiro atoms. The lowest BCUT2D eigenvalue weighted by atomic mass is 9.85. The topological polar surface area (TPSA) is 100 Å². The van der Waals surface area contributed by atoms with Crippen LogP contribution >= 0.6 is 0 Å². The smallest absolute Gasteiger partial charge is 0.306 e. The fourth-order valence-corrected chi connectivity index (χ4v) is 8.10. The number of hydrogen-bond acceptors (Lipinski definition) is 10. The van der Waals surface area contributed by atoms with Gasteiger partial charge in [-0.15, -0.1) is 6.58 Å². The Morgan fingerprint density at radius 1 is 0.552 bits per heavy atom. The van der Waals surface area contributed by atoms with E-state index in [1.54, 1.807) is 13.2 Å². The van der Waals surface area contributed by atoms with Crippen LogP contribution in [0.25, 0.3) is 0 Å². The number of methoxy groups -OCH3 is 1. The first kappa shape index (κ1) is 49.1. The molecule has 6 aromatic carbocycles. The Morgan fingerprint density at radius 3 is 1.43 bits per heavy atom. The minimum absolute atomic E-state index is 0.00538. The van der Waals surface area contributed by atoms with Gasteiger partial charge < -0.3 is 42.6 Å². The number of rotatable bonds is 27. The van der Waals surface area contributed by atoms with E-state index >= 15 is 0 Å². The maximum atomic E-state index is 14.9. The second-order valence-corrected chi connectivity index (χ2v) is 16.5. The van der Waals surface area contributed by atoms with Gasteiger partial charge in [-0.1, -0.05) is 188 Å². The van der Waals surface area contributed by atoms with Crippen molar-refractivity contribution in [3.63, 3.8) is 0 Å². The van der Waals surface area contributed by atoms with E-state index in [2.05, 4.69) is 6.58 Å². The molecule has 0 radical (unpaired) electrons. The maximum Gasteiger partial charge on any atom is 0.306 e. The van der Waals surface area contributed by atoms with Crippen molar-refractivity contribution in [2.24, 2.45) is 5.92 Å². The number of esters is 1. The third kappa shape index (κ3) is 15.6. The SMILES string of the molecule is C=C[C@@H](OCc1ccccc1)[C@H](OCc1ccccc1)[C@@H](COCc1ccccc1)OC(=O)C[C@H]1[C@@H](OCc2ccccc2)[C@@H](COCc2ccccc2)O[C@H](OC)[C@@H]1OCc1ccccc1. The van der Waals surface area contributed by atoms with Crippen molar-refractivity contribution in [3.05, 3.63) is 228 Å². The fourth-order valence-electron chi connectivity index (χ4n) is 8.10. The molecule has 7 rings (SSSR count). The second kappa shape index (κ2) is 27.1. The number of ether oxygens (including phenoxy) is 9. The van der Waals surface area contributed by atoms with Crippen LogP contribution in [-0.4, -0.2) is 69.2 Å². The molecule has 0 aromatic heterocycles. The van der Waals surface area contributed by atoms with Gasteiger partial charge in [-0.3, -0.25) is 4.79 Å². The Labute approximate surface area is 395 Å². The predicted octanol–water partition coefficient (Wildman–Crippen LogP) is 10.2. The van der Waals surface area contributed by atoms with Gasteiger partial charge in [-0.05, 0) is 33.4 Å². The molecule has 0 bridgehead atoms. The van der Waals surface area contributed by atoms with Crippen LogP contribution in [0.5, 0.6) is 0 Å². The quantitative estimate of drug-likeness (QED) is 0.0367. The summed E-state index contributed by atoms with van der Waals surface area (Å²) < 4.78 is 58.7. The molecular formula is C57H62O10. The number of benzene rings is 6. The molecule has 0 unspecified atom stereocenters. The van der Waals surface area contributed by atoms with E-state index in [1.165, 1.54) is 0 Å². The van der Waals surface area contributed by atoms with E-state index < -0.39 is 54.8 Å². The molecule has 0 N–H and O–H groups in total. The lowest BCUT2D eigenvalue weighted by Crippen LogP contribution is -2.58. The van der Waals surface area contributed by atoms with E-state index in [0.717, 1.165) is 33.4 Å². The standard InChI is InChI=1S/C57H62O10/c1-3-50(62-37-45-26-14-6-15-27-45)56(65-40-48-32-20-9-21-33-48)52(42-61-36-44-24-12-5-13-25-44)66-53(58)34-49-54(63-38-46-28-16-7-17-29-46)51(41-60-35-43-22-10-4-11-23-43)67-57(59-2)55(49)64-39-47-30-18-8-19-31-47/h3-33,49-52,54-57H,1,34-42H2,2H3/t49-,50+,51+,52+,54+,55+,56-,57-/m0/s1. The van der Waals surface area contributed by atoms with Gasteiger partial charge in [0.2, 0.25) is 0 Å². The first-order valence-corrected chi connectivity index (χ1v) is 22.9. The van der Waals surface area contributed by atoms with Crippen molar-refractivity contribution in [1.82, 2.24) is 0 Å². The molecule has 1 saturated heterocycles. The summed E-state index contributed by atoms with van der Waals surface area (Å²) in [6.07, 6.45) is -3.84. The molecule has 0 amide bonds. The Bertz CT molecular complexity index is 2270. The van der Waals surface area contributed by atoms with E-state index in [9.17, 15) is 4.79 Å². The van der Waals surface area contributed by atoms with Gasteiger partial charge in [0.05, 0.1) is 65.4 Å². The first-order chi connectivity index (χ1) is 33.1. The summed E-state index contributed by atoms with van der Waals surface area (Å²) in [4.78, 5) is 14.9. The minimum atomic E-state index is -0.936. The summed E-state index contributed by atoms with van der Waals surface area (Å²) in [5.41, 5.74) is 5.82. The van der Waals surface area contributed by atoms with Gasteiger partial charge >= 0.3 is 5.97 Å². The van der Waals surface area contributed by atoms with Crippen LogP contribution in [0, 0.1) is 5.92 Å². The number of hydrogen-bond donors (Lipinski definition) is 0. The molecular weight excluding hydrogens is 845 g/mol. The molecule has 67 heavy (non-hydrogen) atoms. The highest BCUT2D eigenvalue weighted by Gasteiger charge is 2.49. The summed E-state index contributed by atoms with van der Waals surface area (Å²) in [6.45, 7) is 5.97. The van der Waals surface area contributed by atoms with Crippen LogP contribution in [0.1, 0.15) is 39.8 Å². The number of carbonyl (C=O) groups is 1. The lowest BCUT2D eigenvalue weighted by Gasteiger charge is -2.45. The van der Waals surface area contributed by atoms with Crippen molar-refractivity contribution in [1.29, 1.82) is 0 Å². The van der Waals surface area contributed by atoms with Gasteiger partial charge in [0, 0.05) is 13.0 Å². The predicted molar refractivity (Wildman–Crippen MR) is 256 cm³/mol. The molecule has 10 heteroatoms. The average Bonchev–Trinajstić information content (AvgIpc) is 3.38. The Balaban J connectivity index is 1.19. The molecule has 8 atom stereocenters. The minimum Gasteiger partial charge on any atom is -0.457 e. The summed E-state index contributed by atoms with van der Waals surface area (Å²) >= 11 is 0. The van der Waals surface area contributed by atoms with Crippen LogP contribution in [0.4, 0.5) is 0 Å². The van der Waals surface area contributed by atoms with Crippen LogP contribution < -0.4 is 0 Å². The molecule has 0 saturated carbocycles. The zero-order valence-corrected chi connectivity index (χ0v) is 38.2. The monoisotopic (exact) mass is 906 g/mol. The Hall–Kier alpha value is -5.79. The number of carbonyl (C=O) groups excluding carboxylic acids is 1. The van der Waals surface area contributed by atoms with E-state index in [-0.39, 0.29) is 52.7 Å². The van der Waals surface area contributed by atoms with Crippen LogP contribution in [-0.2, 0) is 87.1 Å². The van der Waals surface area contributed by atoms with Gasteiger partial charge in [0.1, 0.15) is 24.4 Å². The van der Waals surface area contributed by atoms with Crippen molar-refractivity contribution in [2.75, 3.05) is 20.3 Å². The third-order valence-corrected chi connectivity index (χ3v) is 11.6. The van der Waals surface area contributed by atoms with Crippen molar-refractivity contribution < 1.29 is 47.4 Å². The zero-order valence-electron chi connectivity index (χ0n) is 38.2. The van der Waals surface area contributed by atoms with E-state index in [0.29, 0.717) is 6.61 Å².